The summed E-state index contributed by atoms with van der Waals surface area (Å²) in [5.41, 5.74) is -3.46. The number of halogens is 3. The second-order valence-corrected chi connectivity index (χ2v) is 6.36. The number of alkyl halides is 3. The van der Waals surface area contributed by atoms with Crippen molar-refractivity contribution in [2.75, 3.05) is 18.1 Å². The van der Waals surface area contributed by atoms with E-state index in [0.717, 1.165) is 11.0 Å². The van der Waals surface area contributed by atoms with Crippen LogP contribution >= 0.6 is 0 Å². The first-order valence-electron chi connectivity index (χ1n) is 8.40. The average molecular weight is 370 g/mol. The predicted octanol–water partition coefficient (Wildman–Crippen LogP) is 3.35. The zero-order valence-corrected chi connectivity index (χ0v) is 14.3. The molecule has 0 atom stereocenters. The summed E-state index contributed by atoms with van der Waals surface area (Å²) < 4.78 is 47.7. The number of benzene rings is 1. The van der Waals surface area contributed by atoms with Crippen molar-refractivity contribution in [3.63, 3.8) is 0 Å². The molecule has 1 aliphatic rings. The van der Waals surface area contributed by atoms with Crippen molar-refractivity contribution in [2.24, 2.45) is 0 Å². The van der Waals surface area contributed by atoms with Gasteiger partial charge in [-0.3, -0.25) is 5.41 Å². The lowest BCUT2D eigenvalue weighted by molar-refractivity contribution is -0.137. The highest BCUT2D eigenvalue weighted by Crippen LogP contribution is 2.37. The number of hydrogen-bond donors (Lipinski definition) is 2. The highest BCUT2D eigenvalue weighted by atomic mass is 19.4. The second kappa shape index (κ2) is 6.96. The SMILES string of the molecule is [3H]c1cc(C#N)c(C(F)(F)F)cc1N1C(=N)C(C)(C)N(CCCCO)C1=O. The van der Waals surface area contributed by atoms with Crippen LogP contribution in [0.5, 0.6) is 0 Å². The van der Waals surface area contributed by atoms with Crippen molar-refractivity contribution >= 4 is 17.6 Å². The van der Waals surface area contributed by atoms with E-state index in [9.17, 15) is 18.0 Å². The van der Waals surface area contributed by atoms with Crippen LogP contribution in [0.15, 0.2) is 18.2 Å². The molecule has 0 unspecified atom stereocenters. The van der Waals surface area contributed by atoms with Gasteiger partial charge in [0.05, 0.1) is 29.8 Å². The lowest BCUT2D eigenvalue weighted by atomic mass is 10.0. The summed E-state index contributed by atoms with van der Waals surface area (Å²) in [7, 11) is 0. The van der Waals surface area contributed by atoms with Gasteiger partial charge in [-0.25, -0.2) is 9.69 Å². The molecule has 26 heavy (non-hydrogen) atoms. The molecule has 0 aliphatic carbocycles. The van der Waals surface area contributed by atoms with Crippen LogP contribution < -0.4 is 4.90 Å². The van der Waals surface area contributed by atoms with E-state index in [4.69, 9.17) is 17.1 Å². The van der Waals surface area contributed by atoms with Gasteiger partial charge in [-0.1, -0.05) is 0 Å². The first-order valence-corrected chi connectivity index (χ1v) is 7.90. The minimum atomic E-state index is -4.84. The first-order chi connectivity index (χ1) is 12.5. The fourth-order valence-electron chi connectivity index (χ4n) is 2.77. The predicted molar refractivity (Wildman–Crippen MR) is 88.9 cm³/mol. The van der Waals surface area contributed by atoms with Crippen LogP contribution in [0.3, 0.4) is 0 Å². The first kappa shape index (κ1) is 18.2. The van der Waals surface area contributed by atoms with Crippen molar-refractivity contribution in [1.29, 1.82) is 10.7 Å². The van der Waals surface area contributed by atoms with Crippen LogP contribution in [-0.4, -0.2) is 40.6 Å². The van der Waals surface area contributed by atoms with Crippen molar-refractivity contribution in [3.05, 3.63) is 29.3 Å². The van der Waals surface area contributed by atoms with Crippen molar-refractivity contribution in [3.8, 4) is 6.07 Å². The van der Waals surface area contributed by atoms with Gasteiger partial charge in [-0.2, -0.15) is 18.4 Å². The molecule has 1 aliphatic heterocycles. The van der Waals surface area contributed by atoms with Crippen molar-refractivity contribution < 1.29 is 24.4 Å². The Kier molecular flexibility index (Phi) is 4.87. The van der Waals surface area contributed by atoms with E-state index in [1.54, 1.807) is 13.8 Å². The number of anilines is 1. The summed E-state index contributed by atoms with van der Waals surface area (Å²) in [4.78, 5) is 14.9. The van der Waals surface area contributed by atoms with Crippen molar-refractivity contribution in [2.45, 2.75) is 38.4 Å². The molecular weight excluding hydrogens is 349 g/mol. The number of nitrogens with one attached hydrogen (secondary N) is 1. The lowest BCUT2D eigenvalue weighted by Gasteiger charge is -2.29. The van der Waals surface area contributed by atoms with E-state index >= 15 is 0 Å². The number of aliphatic hydroxyl groups excluding tert-OH is 1. The van der Waals surface area contributed by atoms with Gasteiger partial charge in [0.25, 0.3) is 0 Å². The Balaban J connectivity index is 2.53. The monoisotopic (exact) mass is 370 g/mol. The maximum atomic E-state index is 13.3. The van der Waals surface area contributed by atoms with Crippen LogP contribution in [-0.2, 0) is 6.18 Å². The number of nitriles is 1. The van der Waals surface area contributed by atoms with Gasteiger partial charge in [0.1, 0.15) is 5.84 Å². The number of amides is 2. The molecule has 0 saturated carbocycles. The number of aliphatic hydroxyl groups is 1. The molecule has 2 N–H and O–H groups in total. The highest BCUT2D eigenvalue weighted by Gasteiger charge is 2.49. The molecule has 0 bridgehead atoms. The standard InChI is InChI=1S/C17H19F3N4O2/c1-16(2)14(22)24(15(26)23(16)7-3-4-8-25)12-6-5-11(10-21)13(9-12)17(18,19)20/h5-6,9,22,25H,3-4,7-8H2,1-2H3/i6T. The maximum absolute atomic E-state index is 13.3. The highest BCUT2D eigenvalue weighted by molar-refractivity contribution is 6.24. The molecule has 2 amide bonds. The zero-order chi connectivity index (χ0) is 20.6. The molecule has 0 spiro atoms. The summed E-state index contributed by atoms with van der Waals surface area (Å²) in [6.07, 6.45) is -3.94. The van der Waals surface area contributed by atoms with E-state index in [2.05, 4.69) is 0 Å². The Hall–Kier alpha value is -2.60. The van der Waals surface area contributed by atoms with E-state index < -0.39 is 40.6 Å². The molecule has 2 rings (SSSR count). The smallest absolute Gasteiger partial charge is 0.396 e. The van der Waals surface area contributed by atoms with Gasteiger partial charge in [-0.15, -0.1) is 0 Å². The molecule has 6 nitrogen and oxygen atoms in total. The molecule has 1 aromatic carbocycles. The normalized spacial score (nSPS) is 17.5. The fourth-order valence-corrected chi connectivity index (χ4v) is 2.77. The Morgan fingerprint density at radius 2 is 2.08 bits per heavy atom. The number of nitrogens with zero attached hydrogens (tertiary/aromatic N) is 3. The number of carbonyl (C=O) groups excluding carboxylic acids is 1. The van der Waals surface area contributed by atoms with Crippen LogP contribution in [0, 0.1) is 16.7 Å². The number of hydrogen-bond acceptors (Lipinski definition) is 4. The minimum absolute atomic E-state index is 0.0644. The maximum Gasteiger partial charge on any atom is 0.417 e. The Morgan fingerprint density at radius 1 is 1.42 bits per heavy atom. The summed E-state index contributed by atoms with van der Waals surface area (Å²) in [5, 5.41) is 26.1. The third-order valence-electron chi connectivity index (χ3n) is 4.29. The Morgan fingerprint density at radius 3 is 2.62 bits per heavy atom. The Labute approximate surface area is 150 Å². The van der Waals surface area contributed by atoms with E-state index in [-0.39, 0.29) is 19.0 Å². The van der Waals surface area contributed by atoms with E-state index in [1.807, 2.05) is 0 Å². The van der Waals surface area contributed by atoms with Gasteiger partial charge < -0.3 is 10.0 Å². The van der Waals surface area contributed by atoms with Crippen LogP contribution in [0.4, 0.5) is 23.7 Å². The van der Waals surface area contributed by atoms with Crippen LogP contribution in [0.2, 0.25) is 0 Å². The number of carbonyl (C=O) groups is 1. The molecule has 1 saturated heterocycles. The molecule has 1 heterocycles. The van der Waals surface area contributed by atoms with Crippen LogP contribution in [0.25, 0.3) is 0 Å². The minimum Gasteiger partial charge on any atom is -0.396 e. The molecule has 140 valence electrons. The average Bonchev–Trinajstić information content (AvgIpc) is 2.73. The fraction of sp³-hybridized carbons (Fsp3) is 0.471. The molecule has 1 fully saturated rings. The number of rotatable bonds is 5. The zero-order valence-electron chi connectivity index (χ0n) is 15.3. The number of unbranched alkanes of at least 4 members (excludes halogenated alkanes) is 1. The van der Waals surface area contributed by atoms with Gasteiger partial charge in [-0.05, 0) is 44.9 Å². The molecule has 1 aromatic rings. The summed E-state index contributed by atoms with van der Waals surface area (Å²) in [6, 6.07) is 1.56. The van der Waals surface area contributed by atoms with E-state index in [1.165, 1.54) is 11.0 Å². The summed E-state index contributed by atoms with van der Waals surface area (Å²) in [5.74, 6) is -0.261. The van der Waals surface area contributed by atoms with E-state index in [0.29, 0.717) is 18.9 Å². The molecular formula is C17H19F3N4O2. The van der Waals surface area contributed by atoms with Gasteiger partial charge >= 0.3 is 12.2 Å². The third kappa shape index (κ3) is 3.37. The van der Waals surface area contributed by atoms with Gasteiger partial charge in [0.15, 0.2) is 0 Å². The summed E-state index contributed by atoms with van der Waals surface area (Å²) >= 11 is 0. The second-order valence-electron chi connectivity index (χ2n) is 6.36. The molecule has 0 radical (unpaired) electrons. The topological polar surface area (TPSA) is 91.4 Å². The quantitative estimate of drug-likeness (QED) is 0.779. The Bertz CT molecular complexity index is 818. The van der Waals surface area contributed by atoms with Gasteiger partial charge in [0, 0.05) is 13.2 Å². The van der Waals surface area contributed by atoms with Gasteiger partial charge in [0.2, 0.25) is 0 Å². The third-order valence-corrected chi connectivity index (χ3v) is 4.29. The largest absolute Gasteiger partial charge is 0.417 e. The number of amidine groups is 1. The summed E-state index contributed by atoms with van der Waals surface area (Å²) in [6.45, 7) is 3.32. The lowest BCUT2D eigenvalue weighted by Crippen LogP contribution is -2.44. The molecule has 9 heteroatoms. The molecule has 0 aromatic heterocycles. The number of urea groups is 1. The van der Waals surface area contributed by atoms with Crippen molar-refractivity contribution in [1.82, 2.24) is 4.90 Å². The van der Waals surface area contributed by atoms with Crippen LogP contribution in [0.1, 0.15) is 39.2 Å².